The first-order valence-corrected chi connectivity index (χ1v) is 8.22. The van der Waals surface area contributed by atoms with Gasteiger partial charge in [0.15, 0.2) is 0 Å². The van der Waals surface area contributed by atoms with Crippen LogP contribution in [0.4, 0.5) is 0 Å². The molecule has 0 amide bonds. The quantitative estimate of drug-likeness (QED) is 0.546. The highest BCUT2D eigenvalue weighted by molar-refractivity contribution is 14.1. The lowest BCUT2D eigenvalue weighted by atomic mass is 9.79. The Labute approximate surface area is 146 Å². The molecular weight excluding hydrogens is 396 g/mol. The molecule has 1 unspecified atom stereocenters. The van der Waals surface area contributed by atoms with Crippen LogP contribution in [0.2, 0.25) is 0 Å². The molecule has 0 radical (unpaired) electrons. The van der Waals surface area contributed by atoms with Gasteiger partial charge in [0, 0.05) is 13.0 Å². The molecule has 0 fully saturated rings. The summed E-state index contributed by atoms with van der Waals surface area (Å²) >= 11 is 1.92. The molecule has 22 heavy (non-hydrogen) atoms. The first-order chi connectivity index (χ1) is 10.2. The van der Waals surface area contributed by atoms with Crippen molar-refractivity contribution < 1.29 is 17.5 Å². The Morgan fingerprint density at radius 2 is 2.00 bits per heavy atom. The second-order valence-corrected chi connectivity index (χ2v) is 7.32. The van der Waals surface area contributed by atoms with Crippen LogP contribution >= 0.6 is 23.0 Å². The Balaban J connectivity index is 2.16. The van der Waals surface area contributed by atoms with E-state index in [1.807, 2.05) is 68.9 Å². The Morgan fingerprint density at radius 3 is 2.59 bits per heavy atom. The highest BCUT2D eigenvalue weighted by atomic mass is 127. The SMILES string of the molecule is CC(C)(CC(C)(C)Oc1ccc2c(c1)B(O)OC2CN)OI. The van der Waals surface area contributed by atoms with Crippen LogP contribution in [-0.4, -0.2) is 29.9 Å². The molecular formula is C15H23BINO4. The van der Waals surface area contributed by atoms with E-state index in [2.05, 4.69) is 0 Å². The topological polar surface area (TPSA) is 73.9 Å². The van der Waals surface area contributed by atoms with Gasteiger partial charge in [-0.3, -0.25) is 0 Å². The summed E-state index contributed by atoms with van der Waals surface area (Å²) < 4.78 is 17.0. The molecule has 0 aromatic heterocycles. The van der Waals surface area contributed by atoms with Crippen molar-refractivity contribution in [1.29, 1.82) is 0 Å². The molecule has 0 saturated heterocycles. The summed E-state index contributed by atoms with van der Waals surface area (Å²) in [5.41, 5.74) is 6.62. The van der Waals surface area contributed by atoms with E-state index in [4.69, 9.17) is 18.2 Å². The van der Waals surface area contributed by atoms with E-state index in [9.17, 15) is 5.02 Å². The molecule has 5 nitrogen and oxygen atoms in total. The maximum atomic E-state index is 9.98. The zero-order valence-electron chi connectivity index (χ0n) is 13.4. The van der Waals surface area contributed by atoms with E-state index in [0.29, 0.717) is 12.3 Å². The fraction of sp³-hybridized carbons (Fsp3) is 0.600. The molecule has 0 aliphatic carbocycles. The van der Waals surface area contributed by atoms with Crippen molar-refractivity contribution in [2.75, 3.05) is 6.54 Å². The van der Waals surface area contributed by atoms with Crippen LogP contribution in [0.25, 0.3) is 0 Å². The number of hydrogen-bond acceptors (Lipinski definition) is 5. The van der Waals surface area contributed by atoms with Crippen LogP contribution in [0, 0.1) is 0 Å². The Kier molecular flexibility index (Phi) is 5.44. The molecule has 3 N–H and O–H groups in total. The largest absolute Gasteiger partial charge is 0.492 e. The lowest BCUT2D eigenvalue weighted by molar-refractivity contribution is 0.0269. The number of ether oxygens (including phenoxy) is 1. The fourth-order valence-corrected chi connectivity index (χ4v) is 3.17. The normalized spacial score (nSPS) is 18.5. The first-order valence-electron chi connectivity index (χ1n) is 7.34. The van der Waals surface area contributed by atoms with Gasteiger partial charge in [-0.2, -0.15) is 0 Å². The third kappa shape index (κ3) is 4.14. The number of fused-ring (bicyclic) bond motifs is 1. The van der Waals surface area contributed by atoms with E-state index in [-0.39, 0.29) is 11.7 Å². The monoisotopic (exact) mass is 419 g/mol. The van der Waals surface area contributed by atoms with Crippen molar-refractivity contribution in [3.63, 3.8) is 0 Å². The number of rotatable bonds is 6. The average molecular weight is 419 g/mol. The van der Waals surface area contributed by atoms with E-state index in [0.717, 1.165) is 17.4 Å². The smallest absolute Gasteiger partial charge is 0.488 e. The zero-order chi connectivity index (χ0) is 16.5. The van der Waals surface area contributed by atoms with Gasteiger partial charge in [-0.1, -0.05) is 6.07 Å². The Hall–Kier alpha value is -0.345. The summed E-state index contributed by atoms with van der Waals surface area (Å²) in [5, 5.41) is 9.98. The predicted molar refractivity (Wildman–Crippen MR) is 95.4 cm³/mol. The van der Waals surface area contributed by atoms with E-state index in [1.165, 1.54) is 0 Å². The van der Waals surface area contributed by atoms with Crippen molar-refractivity contribution in [3.8, 4) is 5.75 Å². The summed E-state index contributed by atoms with van der Waals surface area (Å²) in [7, 11) is -0.940. The Morgan fingerprint density at radius 1 is 1.32 bits per heavy atom. The molecule has 0 spiro atoms. The summed E-state index contributed by atoms with van der Waals surface area (Å²) in [6.07, 6.45) is 0.475. The van der Waals surface area contributed by atoms with Crippen molar-refractivity contribution >= 4 is 35.6 Å². The zero-order valence-corrected chi connectivity index (χ0v) is 15.6. The molecule has 1 aliphatic heterocycles. The van der Waals surface area contributed by atoms with Crippen molar-refractivity contribution in [2.24, 2.45) is 5.73 Å². The van der Waals surface area contributed by atoms with Crippen LogP contribution in [0.1, 0.15) is 45.8 Å². The van der Waals surface area contributed by atoms with E-state index >= 15 is 0 Å². The number of hydrogen-bond donors (Lipinski definition) is 2. The fourth-order valence-electron chi connectivity index (χ4n) is 3.02. The number of nitrogens with two attached hydrogens (primary N) is 1. The minimum Gasteiger partial charge on any atom is -0.488 e. The minimum absolute atomic E-state index is 0.251. The molecule has 0 saturated carbocycles. The van der Waals surface area contributed by atoms with Gasteiger partial charge in [-0.05, 0) is 50.9 Å². The van der Waals surface area contributed by atoms with Crippen LogP contribution in [0.5, 0.6) is 5.75 Å². The van der Waals surface area contributed by atoms with Crippen LogP contribution in [0.3, 0.4) is 0 Å². The van der Waals surface area contributed by atoms with Crippen LogP contribution in [-0.2, 0) is 7.72 Å². The van der Waals surface area contributed by atoms with Crippen molar-refractivity contribution in [2.45, 2.75) is 51.4 Å². The van der Waals surface area contributed by atoms with E-state index in [1.54, 1.807) is 0 Å². The van der Waals surface area contributed by atoms with Gasteiger partial charge in [-0.25, -0.2) is 0 Å². The van der Waals surface area contributed by atoms with Gasteiger partial charge in [0.25, 0.3) is 0 Å². The lowest BCUT2D eigenvalue weighted by Gasteiger charge is -2.33. The van der Waals surface area contributed by atoms with Gasteiger partial charge in [0.05, 0.1) is 11.7 Å². The van der Waals surface area contributed by atoms with E-state index < -0.39 is 12.7 Å². The van der Waals surface area contributed by atoms with Gasteiger partial charge < -0.3 is 23.2 Å². The lowest BCUT2D eigenvalue weighted by Crippen LogP contribution is -2.38. The molecule has 1 aromatic carbocycles. The third-order valence-corrected chi connectivity index (χ3v) is 4.83. The van der Waals surface area contributed by atoms with Crippen LogP contribution < -0.4 is 15.9 Å². The molecule has 2 rings (SSSR count). The standard InChI is InChI=1S/C15H23BINO4/c1-14(2,9-15(3,4)22-17)20-10-5-6-11-12(7-10)16(19)21-13(11)8-18/h5-7,13,19H,8-9,18H2,1-4H3. The van der Waals surface area contributed by atoms with Gasteiger partial charge in [0.2, 0.25) is 0 Å². The van der Waals surface area contributed by atoms with Crippen molar-refractivity contribution in [1.82, 2.24) is 0 Å². The van der Waals surface area contributed by atoms with Gasteiger partial charge in [0.1, 0.15) is 34.4 Å². The highest BCUT2D eigenvalue weighted by Gasteiger charge is 2.36. The highest BCUT2D eigenvalue weighted by Crippen LogP contribution is 2.31. The van der Waals surface area contributed by atoms with Gasteiger partial charge in [-0.15, -0.1) is 0 Å². The second-order valence-electron chi connectivity index (χ2n) is 6.88. The molecule has 7 heteroatoms. The minimum atomic E-state index is -0.940. The summed E-state index contributed by atoms with van der Waals surface area (Å²) in [5.74, 6) is 0.702. The molecule has 1 heterocycles. The van der Waals surface area contributed by atoms with Crippen LogP contribution in [0.15, 0.2) is 18.2 Å². The second kappa shape index (κ2) is 6.64. The van der Waals surface area contributed by atoms with Crippen molar-refractivity contribution in [3.05, 3.63) is 23.8 Å². The molecule has 122 valence electrons. The van der Waals surface area contributed by atoms with Gasteiger partial charge >= 0.3 is 7.12 Å². The predicted octanol–water partition coefficient (Wildman–Crippen LogP) is 2.10. The third-order valence-electron chi connectivity index (χ3n) is 3.63. The summed E-state index contributed by atoms with van der Waals surface area (Å²) in [6, 6.07) is 5.63. The molecule has 0 bridgehead atoms. The number of halogens is 1. The summed E-state index contributed by atoms with van der Waals surface area (Å²) in [4.78, 5) is 0. The molecule has 1 atom stereocenters. The molecule has 1 aromatic rings. The maximum absolute atomic E-state index is 9.98. The maximum Gasteiger partial charge on any atom is 0.492 e. The molecule has 1 aliphatic rings. The number of benzene rings is 1. The first kappa shape index (κ1) is 18.0. The summed E-state index contributed by atoms with van der Waals surface area (Å²) in [6.45, 7) is 8.44. The average Bonchev–Trinajstić information content (AvgIpc) is 2.73. The Bertz CT molecular complexity index is 538.